The van der Waals surface area contributed by atoms with E-state index in [1.54, 1.807) is 5.09 Å². The van der Waals surface area contributed by atoms with Crippen molar-refractivity contribution in [2.75, 3.05) is 0 Å². The van der Waals surface area contributed by atoms with Gasteiger partial charge in [-0.1, -0.05) is 6.07 Å². The summed E-state index contributed by atoms with van der Waals surface area (Å²) in [4.78, 5) is 11.2. The minimum Gasteiger partial charge on any atom is -0.279 e. The number of benzene rings is 1. The van der Waals surface area contributed by atoms with Gasteiger partial charge < -0.3 is 0 Å². The van der Waals surface area contributed by atoms with Crippen molar-refractivity contribution in [1.29, 1.82) is 0 Å². The van der Waals surface area contributed by atoms with Crippen LogP contribution in [0.2, 0.25) is 0 Å². The summed E-state index contributed by atoms with van der Waals surface area (Å²) in [6, 6.07) is 2.86. The summed E-state index contributed by atoms with van der Waals surface area (Å²) in [5, 5.41) is 1.61. The molecule has 0 saturated carbocycles. The molecule has 0 radical (unpaired) electrons. The van der Waals surface area contributed by atoms with Crippen LogP contribution in [0, 0.1) is 11.6 Å². The number of hydrogen-bond acceptors (Lipinski definition) is 2. The fourth-order valence-electron chi connectivity index (χ4n) is 0.929. The largest absolute Gasteiger partial charge is 0.300 e. The molecule has 0 fully saturated rings. The van der Waals surface area contributed by atoms with Gasteiger partial charge in [0.05, 0.1) is 0 Å². The van der Waals surface area contributed by atoms with Crippen LogP contribution in [0.3, 0.4) is 0 Å². The summed E-state index contributed by atoms with van der Waals surface area (Å²) in [5.74, 6) is -3.42. The molecule has 5 N–H and O–H groups in total. The smallest absolute Gasteiger partial charge is 0.279 e. The molecule has 0 aromatic heterocycles. The van der Waals surface area contributed by atoms with Crippen molar-refractivity contribution in [2.24, 2.45) is 11.0 Å². The number of nitrogens with one attached hydrogen (secondary N) is 1. The number of amides is 1. The third kappa shape index (κ3) is 3.09. The molecular formula is C7H8F2N3O2P. The Bertz CT molecular complexity index is 426. The third-order valence-corrected chi connectivity index (χ3v) is 2.02. The standard InChI is InChI=1S/C7H8F2N3O2P/c8-4-2-1-3-5(9)6(4)7(13)12-15(10,11)14/h1-3H,(H5,10,11,12,13,14). The lowest BCUT2D eigenvalue weighted by molar-refractivity contribution is 0.0972. The van der Waals surface area contributed by atoms with Gasteiger partial charge in [-0.25, -0.2) is 8.78 Å². The first-order valence-corrected chi connectivity index (χ1v) is 5.59. The molecule has 0 spiro atoms. The second-order valence-corrected chi connectivity index (χ2v) is 4.39. The van der Waals surface area contributed by atoms with Crippen molar-refractivity contribution in [3.63, 3.8) is 0 Å². The highest BCUT2D eigenvalue weighted by Crippen LogP contribution is 2.20. The maximum absolute atomic E-state index is 13.0. The summed E-state index contributed by atoms with van der Waals surface area (Å²) >= 11 is 0. The Hall–Kier alpha value is -1.30. The van der Waals surface area contributed by atoms with Crippen LogP contribution in [0.15, 0.2) is 18.2 Å². The number of carbonyl (C=O) groups excluding carboxylic acids is 1. The van der Waals surface area contributed by atoms with E-state index in [1.807, 2.05) is 0 Å². The van der Waals surface area contributed by atoms with Crippen molar-refractivity contribution in [2.45, 2.75) is 0 Å². The van der Waals surface area contributed by atoms with Crippen LogP contribution in [0.1, 0.15) is 10.4 Å². The van der Waals surface area contributed by atoms with Crippen LogP contribution in [0.25, 0.3) is 0 Å². The molecule has 0 atom stereocenters. The Labute approximate surface area is 84.0 Å². The molecule has 8 heteroatoms. The summed E-state index contributed by atoms with van der Waals surface area (Å²) < 4.78 is 36.8. The Balaban J connectivity index is 3.07. The van der Waals surface area contributed by atoms with E-state index in [-0.39, 0.29) is 0 Å². The lowest BCUT2D eigenvalue weighted by atomic mass is 10.2. The second-order valence-electron chi connectivity index (χ2n) is 2.75. The van der Waals surface area contributed by atoms with Gasteiger partial charge in [0.15, 0.2) is 0 Å². The Kier molecular flexibility index (Phi) is 3.18. The fraction of sp³-hybridized carbons (Fsp3) is 0. The molecule has 15 heavy (non-hydrogen) atoms. The predicted octanol–water partition coefficient (Wildman–Crippen LogP) is 0.720. The molecule has 82 valence electrons. The van der Waals surface area contributed by atoms with E-state index in [4.69, 9.17) is 11.0 Å². The van der Waals surface area contributed by atoms with Crippen LogP contribution >= 0.6 is 7.59 Å². The van der Waals surface area contributed by atoms with Crippen molar-refractivity contribution in [3.05, 3.63) is 35.4 Å². The molecule has 0 heterocycles. The normalized spacial score (nSPS) is 11.2. The zero-order chi connectivity index (χ0) is 11.6. The fourth-order valence-corrected chi connectivity index (χ4v) is 1.36. The number of hydrogen-bond donors (Lipinski definition) is 3. The minimum absolute atomic E-state index is 0.867. The first kappa shape index (κ1) is 11.8. The van der Waals surface area contributed by atoms with E-state index in [2.05, 4.69) is 0 Å². The van der Waals surface area contributed by atoms with E-state index in [0.29, 0.717) is 0 Å². The maximum Gasteiger partial charge on any atom is 0.300 e. The van der Waals surface area contributed by atoms with Gasteiger partial charge in [0.1, 0.15) is 17.2 Å². The molecule has 5 nitrogen and oxygen atoms in total. The highest BCUT2D eigenvalue weighted by atomic mass is 31.2. The lowest BCUT2D eigenvalue weighted by Crippen LogP contribution is -2.29. The van der Waals surface area contributed by atoms with Crippen molar-refractivity contribution in [1.82, 2.24) is 5.09 Å². The van der Waals surface area contributed by atoms with Crippen LogP contribution < -0.4 is 16.1 Å². The Morgan fingerprint density at radius 1 is 1.27 bits per heavy atom. The van der Waals surface area contributed by atoms with Gasteiger partial charge in [0, 0.05) is 0 Å². The average Bonchev–Trinajstić information content (AvgIpc) is 1.99. The molecule has 0 bridgehead atoms. The van der Waals surface area contributed by atoms with Gasteiger partial charge in [0.25, 0.3) is 5.91 Å². The van der Waals surface area contributed by atoms with Gasteiger partial charge in [-0.2, -0.15) is 0 Å². The first-order chi connectivity index (χ1) is 6.81. The zero-order valence-electron chi connectivity index (χ0n) is 7.41. The van der Waals surface area contributed by atoms with E-state index in [1.165, 1.54) is 0 Å². The number of nitrogens with two attached hydrogens (primary N) is 2. The number of rotatable bonds is 2. The van der Waals surface area contributed by atoms with Gasteiger partial charge in [-0.05, 0) is 12.1 Å². The predicted molar refractivity (Wildman–Crippen MR) is 49.8 cm³/mol. The molecular weight excluding hydrogens is 227 g/mol. The molecule has 0 aliphatic rings. The molecule has 0 saturated heterocycles. The van der Waals surface area contributed by atoms with Crippen LogP contribution in [-0.2, 0) is 4.57 Å². The molecule has 0 unspecified atom stereocenters. The highest BCUT2D eigenvalue weighted by molar-refractivity contribution is 7.57. The Morgan fingerprint density at radius 3 is 2.13 bits per heavy atom. The maximum atomic E-state index is 13.0. The van der Waals surface area contributed by atoms with Gasteiger partial charge in [-0.15, -0.1) is 0 Å². The zero-order valence-corrected chi connectivity index (χ0v) is 8.30. The highest BCUT2D eigenvalue weighted by Gasteiger charge is 2.21. The summed E-state index contributed by atoms with van der Waals surface area (Å²) in [6.45, 7) is 0. The van der Waals surface area contributed by atoms with E-state index >= 15 is 0 Å². The monoisotopic (exact) mass is 235 g/mol. The summed E-state index contributed by atoms with van der Waals surface area (Å²) in [6.07, 6.45) is 0. The van der Waals surface area contributed by atoms with Gasteiger partial charge in [0.2, 0.25) is 0 Å². The van der Waals surface area contributed by atoms with Crippen molar-refractivity contribution < 1.29 is 18.1 Å². The Morgan fingerprint density at radius 2 is 1.73 bits per heavy atom. The first-order valence-electron chi connectivity index (χ1n) is 3.75. The van der Waals surface area contributed by atoms with Crippen LogP contribution in [0.4, 0.5) is 8.78 Å². The van der Waals surface area contributed by atoms with E-state index in [9.17, 15) is 18.1 Å². The quantitative estimate of drug-likeness (QED) is 0.657. The molecule has 0 aliphatic heterocycles. The molecule has 1 rings (SSSR count). The van der Waals surface area contributed by atoms with Gasteiger partial charge >= 0.3 is 7.59 Å². The lowest BCUT2D eigenvalue weighted by Gasteiger charge is -2.09. The van der Waals surface area contributed by atoms with Crippen molar-refractivity contribution >= 4 is 13.5 Å². The number of carbonyl (C=O) groups is 1. The summed E-state index contributed by atoms with van der Waals surface area (Å²) in [7, 11) is -3.86. The summed E-state index contributed by atoms with van der Waals surface area (Å²) in [5.41, 5.74) is 8.79. The topological polar surface area (TPSA) is 98.2 Å². The third-order valence-electron chi connectivity index (χ3n) is 1.47. The second kappa shape index (κ2) is 4.06. The molecule has 1 aromatic rings. The van der Waals surface area contributed by atoms with Crippen LogP contribution in [-0.4, -0.2) is 5.91 Å². The average molecular weight is 235 g/mol. The minimum atomic E-state index is -3.86. The van der Waals surface area contributed by atoms with Crippen LogP contribution in [0.5, 0.6) is 0 Å². The molecule has 1 amide bonds. The molecule has 0 aliphatic carbocycles. The van der Waals surface area contributed by atoms with Crippen molar-refractivity contribution in [3.8, 4) is 0 Å². The van der Waals surface area contributed by atoms with E-state index < -0.39 is 30.7 Å². The van der Waals surface area contributed by atoms with E-state index in [0.717, 1.165) is 18.2 Å². The SMILES string of the molecule is NP(N)(=O)NC(=O)c1c(F)cccc1F. The number of halogens is 2. The molecule has 1 aromatic carbocycles. The van der Waals surface area contributed by atoms with Gasteiger partial charge in [-0.3, -0.25) is 25.5 Å².